The minimum Gasteiger partial charge on any atom is -0.306 e. The molecule has 2 nitrogen and oxygen atoms in total. The average molecular weight is 297 g/mol. The molecule has 1 rings (SSSR count). The van der Waals surface area contributed by atoms with Gasteiger partial charge in [0, 0.05) is 0 Å². The van der Waals surface area contributed by atoms with Crippen molar-refractivity contribution in [3.05, 3.63) is 0 Å². The van der Waals surface area contributed by atoms with Gasteiger partial charge >= 0.3 is 0 Å². The van der Waals surface area contributed by atoms with Crippen LogP contribution >= 0.6 is 0 Å². The maximum atomic E-state index is 2.65. The SMILES string of the molecule is CN(CCCC(C)(C)C)CCC(C)(C)CCN1CCCC1. The molecule has 0 atom stereocenters. The zero-order valence-corrected chi connectivity index (χ0v) is 15.7. The van der Waals surface area contributed by atoms with Crippen molar-refractivity contribution in [1.82, 2.24) is 9.80 Å². The first-order chi connectivity index (χ1) is 9.68. The van der Waals surface area contributed by atoms with E-state index in [0.29, 0.717) is 10.8 Å². The van der Waals surface area contributed by atoms with Crippen LogP contribution in [0.15, 0.2) is 0 Å². The molecule has 0 saturated carbocycles. The zero-order chi connectivity index (χ0) is 15.9. The minimum absolute atomic E-state index is 0.482. The standard InChI is InChI=1S/C19H40N2/c1-18(2,3)10-9-13-20(6)16-11-19(4,5)12-17-21-14-7-8-15-21/h7-17H2,1-6H3. The highest BCUT2D eigenvalue weighted by Crippen LogP contribution is 2.26. The van der Waals surface area contributed by atoms with E-state index in [0.717, 1.165) is 0 Å². The Balaban J connectivity index is 2.13. The van der Waals surface area contributed by atoms with Crippen molar-refractivity contribution in [2.45, 2.75) is 73.1 Å². The molecule has 0 aromatic rings. The van der Waals surface area contributed by atoms with E-state index in [9.17, 15) is 0 Å². The van der Waals surface area contributed by atoms with Gasteiger partial charge in [-0.1, -0.05) is 34.6 Å². The Labute approximate surface area is 134 Å². The Morgan fingerprint density at radius 2 is 1.48 bits per heavy atom. The summed E-state index contributed by atoms with van der Waals surface area (Å²) in [7, 11) is 2.29. The Hall–Kier alpha value is -0.0800. The lowest BCUT2D eigenvalue weighted by Crippen LogP contribution is -2.29. The van der Waals surface area contributed by atoms with Gasteiger partial charge in [-0.25, -0.2) is 0 Å². The lowest BCUT2D eigenvalue weighted by atomic mass is 9.85. The van der Waals surface area contributed by atoms with Gasteiger partial charge in [0.25, 0.3) is 0 Å². The van der Waals surface area contributed by atoms with E-state index in [-0.39, 0.29) is 0 Å². The molecule has 0 spiro atoms. The van der Waals surface area contributed by atoms with Crippen LogP contribution in [-0.2, 0) is 0 Å². The Morgan fingerprint density at radius 3 is 2.05 bits per heavy atom. The maximum absolute atomic E-state index is 2.65. The van der Waals surface area contributed by atoms with Crippen molar-refractivity contribution in [3.63, 3.8) is 0 Å². The Bertz CT molecular complexity index is 272. The summed E-state index contributed by atoms with van der Waals surface area (Å²) in [6.07, 6.45) is 8.16. The van der Waals surface area contributed by atoms with Crippen molar-refractivity contribution in [2.24, 2.45) is 10.8 Å². The molecule has 0 aromatic heterocycles. The lowest BCUT2D eigenvalue weighted by molar-refractivity contribution is 0.200. The molecule has 21 heavy (non-hydrogen) atoms. The maximum Gasteiger partial charge on any atom is -0.00136 e. The van der Waals surface area contributed by atoms with E-state index in [1.54, 1.807) is 0 Å². The van der Waals surface area contributed by atoms with Gasteiger partial charge in [-0.2, -0.15) is 0 Å². The van der Waals surface area contributed by atoms with Crippen molar-refractivity contribution in [2.75, 3.05) is 39.8 Å². The number of rotatable bonds is 9. The van der Waals surface area contributed by atoms with Crippen LogP contribution in [0, 0.1) is 10.8 Å². The first kappa shape index (κ1) is 19.0. The predicted molar refractivity (Wildman–Crippen MR) is 94.9 cm³/mol. The Kier molecular flexibility index (Phi) is 7.70. The lowest BCUT2D eigenvalue weighted by Gasteiger charge is -2.30. The van der Waals surface area contributed by atoms with Crippen LogP contribution in [0.2, 0.25) is 0 Å². The van der Waals surface area contributed by atoms with Gasteiger partial charge in [-0.3, -0.25) is 0 Å². The van der Waals surface area contributed by atoms with E-state index in [1.165, 1.54) is 71.2 Å². The number of hydrogen-bond acceptors (Lipinski definition) is 2. The van der Waals surface area contributed by atoms with Crippen LogP contribution in [0.3, 0.4) is 0 Å². The summed E-state index contributed by atoms with van der Waals surface area (Å²) < 4.78 is 0. The molecule has 0 aromatic carbocycles. The van der Waals surface area contributed by atoms with Crippen LogP contribution < -0.4 is 0 Å². The summed E-state index contributed by atoms with van der Waals surface area (Å²) in [5, 5.41) is 0. The van der Waals surface area contributed by atoms with Crippen molar-refractivity contribution >= 4 is 0 Å². The Morgan fingerprint density at radius 1 is 0.857 bits per heavy atom. The second-order valence-corrected chi connectivity index (χ2v) is 9.18. The first-order valence-electron chi connectivity index (χ1n) is 9.09. The summed E-state index contributed by atoms with van der Waals surface area (Å²) in [5.41, 5.74) is 0.969. The quantitative estimate of drug-likeness (QED) is 0.611. The largest absolute Gasteiger partial charge is 0.306 e. The molecular formula is C19H40N2. The summed E-state index contributed by atoms with van der Waals surface area (Å²) in [5.74, 6) is 0. The summed E-state index contributed by atoms with van der Waals surface area (Å²) in [6, 6.07) is 0. The fraction of sp³-hybridized carbons (Fsp3) is 1.00. The number of nitrogens with zero attached hydrogens (tertiary/aromatic N) is 2. The van der Waals surface area contributed by atoms with E-state index >= 15 is 0 Å². The summed E-state index contributed by atoms with van der Waals surface area (Å²) in [6.45, 7) is 18.4. The first-order valence-corrected chi connectivity index (χ1v) is 9.09. The third kappa shape index (κ3) is 9.52. The molecule has 0 bridgehead atoms. The number of hydrogen-bond donors (Lipinski definition) is 0. The van der Waals surface area contributed by atoms with Gasteiger partial charge in [-0.05, 0) is 89.1 Å². The smallest absolute Gasteiger partial charge is 0.00136 e. The molecule has 1 heterocycles. The van der Waals surface area contributed by atoms with Gasteiger partial charge in [0.2, 0.25) is 0 Å². The third-order valence-corrected chi connectivity index (χ3v) is 4.94. The monoisotopic (exact) mass is 296 g/mol. The highest BCUT2D eigenvalue weighted by Gasteiger charge is 2.21. The summed E-state index contributed by atoms with van der Waals surface area (Å²) >= 11 is 0. The molecule has 0 unspecified atom stereocenters. The molecule has 0 amide bonds. The van der Waals surface area contributed by atoms with Crippen LogP contribution in [0.5, 0.6) is 0 Å². The van der Waals surface area contributed by atoms with Gasteiger partial charge in [0.1, 0.15) is 0 Å². The molecule has 1 fully saturated rings. The van der Waals surface area contributed by atoms with Gasteiger partial charge in [0.15, 0.2) is 0 Å². The van der Waals surface area contributed by atoms with Crippen LogP contribution in [-0.4, -0.2) is 49.6 Å². The zero-order valence-electron chi connectivity index (χ0n) is 15.7. The van der Waals surface area contributed by atoms with Gasteiger partial charge < -0.3 is 9.80 Å². The molecule has 0 radical (unpaired) electrons. The van der Waals surface area contributed by atoms with E-state index in [1.807, 2.05) is 0 Å². The minimum atomic E-state index is 0.482. The molecule has 0 aliphatic carbocycles. The highest BCUT2D eigenvalue weighted by molar-refractivity contribution is 4.75. The topological polar surface area (TPSA) is 6.48 Å². The van der Waals surface area contributed by atoms with Gasteiger partial charge in [0.05, 0.1) is 0 Å². The van der Waals surface area contributed by atoms with Gasteiger partial charge in [-0.15, -0.1) is 0 Å². The van der Waals surface area contributed by atoms with Crippen molar-refractivity contribution < 1.29 is 0 Å². The molecular weight excluding hydrogens is 256 g/mol. The fourth-order valence-electron chi connectivity index (χ4n) is 3.08. The second-order valence-electron chi connectivity index (χ2n) is 9.18. The molecule has 1 aliphatic rings. The average Bonchev–Trinajstić information content (AvgIpc) is 2.86. The van der Waals surface area contributed by atoms with E-state index < -0.39 is 0 Å². The molecule has 126 valence electrons. The second kappa shape index (κ2) is 8.53. The van der Waals surface area contributed by atoms with E-state index in [2.05, 4.69) is 51.5 Å². The molecule has 1 aliphatic heterocycles. The fourth-order valence-corrected chi connectivity index (χ4v) is 3.08. The number of likely N-dealkylation sites (tertiary alicyclic amines) is 1. The summed E-state index contributed by atoms with van der Waals surface area (Å²) in [4.78, 5) is 5.18. The molecule has 2 heteroatoms. The molecule has 1 saturated heterocycles. The van der Waals surface area contributed by atoms with Crippen LogP contribution in [0.1, 0.15) is 73.1 Å². The normalized spacial score (nSPS) is 17.9. The highest BCUT2D eigenvalue weighted by atomic mass is 15.1. The van der Waals surface area contributed by atoms with Crippen molar-refractivity contribution in [3.8, 4) is 0 Å². The third-order valence-electron chi connectivity index (χ3n) is 4.94. The predicted octanol–water partition coefficient (Wildman–Crippen LogP) is 4.65. The van der Waals surface area contributed by atoms with Crippen LogP contribution in [0.25, 0.3) is 0 Å². The van der Waals surface area contributed by atoms with E-state index in [4.69, 9.17) is 0 Å². The van der Waals surface area contributed by atoms with Crippen molar-refractivity contribution in [1.29, 1.82) is 0 Å². The molecule has 0 N–H and O–H groups in total. The van der Waals surface area contributed by atoms with Crippen LogP contribution in [0.4, 0.5) is 0 Å².